The SMILES string of the molecule is O=C(O)c1ccc2c(c1)nc(Nc1cccc3ccccc13)n2Cc1ccc(F)cc1. The highest BCUT2D eigenvalue weighted by Gasteiger charge is 2.15. The number of carboxylic acid groups (broad SMARTS) is 1. The van der Waals surface area contributed by atoms with Gasteiger partial charge in [0.1, 0.15) is 5.82 Å². The molecule has 5 nitrogen and oxygen atoms in total. The van der Waals surface area contributed by atoms with Crippen LogP contribution in [-0.2, 0) is 6.54 Å². The minimum Gasteiger partial charge on any atom is -0.478 e. The average Bonchev–Trinajstić information content (AvgIpc) is 3.11. The first-order valence-corrected chi connectivity index (χ1v) is 9.81. The van der Waals surface area contributed by atoms with Gasteiger partial charge in [-0.25, -0.2) is 14.2 Å². The summed E-state index contributed by atoms with van der Waals surface area (Å²) in [5.41, 5.74) is 3.34. The van der Waals surface area contributed by atoms with Gasteiger partial charge in [-0.3, -0.25) is 0 Å². The van der Waals surface area contributed by atoms with E-state index in [9.17, 15) is 14.3 Å². The molecule has 1 aromatic heterocycles. The van der Waals surface area contributed by atoms with E-state index in [0.29, 0.717) is 18.0 Å². The number of anilines is 2. The quantitative estimate of drug-likeness (QED) is 0.382. The predicted octanol–water partition coefficient (Wildman–Crippen LogP) is 5.82. The molecule has 0 bridgehead atoms. The van der Waals surface area contributed by atoms with Crippen LogP contribution in [0.2, 0.25) is 0 Å². The molecular formula is C25H18FN3O2. The van der Waals surface area contributed by atoms with E-state index in [4.69, 9.17) is 0 Å². The second kappa shape index (κ2) is 7.57. The molecule has 0 atom stereocenters. The second-order valence-electron chi connectivity index (χ2n) is 7.31. The van der Waals surface area contributed by atoms with Gasteiger partial charge in [0.2, 0.25) is 5.95 Å². The van der Waals surface area contributed by atoms with Crippen LogP contribution in [0.1, 0.15) is 15.9 Å². The number of fused-ring (bicyclic) bond motifs is 2. The molecule has 0 aliphatic rings. The summed E-state index contributed by atoms with van der Waals surface area (Å²) in [6, 6.07) is 25.2. The number of halogens is 1. The van der Waals surface area contributed by atoms with Crippen molar-refractivity contribution < 1.29 is 14.3 Å². The third-order valence-corrected chi connectivity index (χ3v) is 5.29. The number of nitrogens with one attached hydrogen (secondary N) is 1. The zero-order valence-corrected chi connectivity index (χ0v) is 16.4. The van der Waals surface area contributed by atoms with Crippen molar-refractivity contribution in [1.82, 2.24) is 9.55 Å². The van der Waals surface area contributed by atoms with Gasteiger partial charge >= 0.3 is 5.97 Å². The molecule has 5 aromatic rings. The Balaban J connectivity index is 1.64. The predicted molar refractivity (Wildman–Crippen MR) is 119 cm³/mol. The molecule has 0 saturated heterocycles. The molecule has 0 saturated carbocycles. The van der Waals surface area contributed by atoms with E-state index in [1.54, 1.807) is 30.3 Å². The highest BCUT2D eigenvalue weighted by Crippen LogP contribution is 2.29. The summed E-state index contributed by atoms with van der Waals surface area (Å²) >= 11 is 0. The maximum atomic E-state index is 13.4. The number of imidazole rings is 1. The molecule has 0 spiro atoms. The van der Waals surface area contributed by atoms with Crippen molar-refractivity contribution in [1.29, 1.82) is 0 Å². The smallest absolute Gasteiger partial charge is 0.335 e. The Labute approximate surface area is 177 Å². The second-order valence-corrected chi connectivity index (χ2v) is 7.31. The van der Waals surface area contributed by atoms with Gasteiger partial charge in [0.15, 0.2) is 0 Å². The number of carboxylic acids is 1. The van der Waals surface area contributed by atoms with Crippen LogP contribution >= 0.6 is 0 Å². The van der Waals surface area contributed by atoms with Crippen molar-refractivity contribution in [3.05, 3.63) is 102 Å². The van der Waals surface area contributed by atoms with E-state index in [-0.39, 0.29) is 11.4 Å². The number of rotatable bonds is 5. The van der Waals surface area contributed by atoms with Gasteiger partial charge in [-0.1, -0.05) is 48.5 Å². The largest absolute Gasteiger partial charge is 0.478 e. The lowest BCUT2D eigenvalue weighted by Crippen LogP contribution is -2.05. The maximum absolute atomic E-state index is 13.4. The van der Waals surface area contributed by atoms with Gasteiger partial charge in [-0.05, 0) is 47.3 Å². The fraction of sp³-hybridized carbons (Fsp3) is 0.0400. The summed E-state index contributed by atoms with van der Waals surface area (Å²) in [5, 5.41) is 14.9. The third kappa shape index (κ3) is 3.59. The Kier molecular flexibility index (Phi) is 4.59. The lowest BCUT2D eigenvalue weighted by molar-refractivity contribution is 0.0697. The lowest BCUT2D eigenvalue weighted by Gasteiger charge is -2.13. The van der Waals surface area contributed by atoms with E-state index in [0.717, 1.165) is 27.5 Å². The summed E-state index contributed by atoms with van der Waals surface area (Å²) < 4.78 is 15.3. The zero-order chi connectivity index (χ0) is 21.4. The van der Waals surface area contributed by atoms with E-state index in [1.165, 1.54) is 12.1 Å². The minimum absolute atomic E-state index is 0.177. The molecule has 31 heavy (non-hydrogen) atoms. The van der Waals surface area contributed by atoms with Crippen LogP contribution in [0.15, 0.2) is 84.9 Å². The van der Waals surface area contributed by atoms with Crippen LogP contribution in [0.4, 0.5) is 16.0 Å². The highest BCUT2D eigenvalue weighted by molar-refractivity contribution is 5.96. The molecule has 1 heterocycles. The van der Waals surface area contributed by atoms with Gasteiger partial charge in [-0.2, -0.15) is 0 Å². The van der Waals surface area contributed by atoms with E-state index in [1.807, 2.05) is 47.0 Å². The Morgan fingerprint density at radius 1 is 0.968 bits per heavy atom. The third-order valence-electron chi connectivity index (χ3n) is 5.29. The molecule has 4 aromatic carbocycles. The summed E-state index contributed by atoms with van der Waals surface area (Å²) in [6.45, 7) is 0.455. The van der Waals surface area contributed by atoms with Gasteiger partial charge < -0.3 is 15.0 Å². The van der Waals surface area contributed by atoms with Crippen molar-refractivity contribution in [2.24, 2.45) is 0 Å². The minimum atomic E-state index is -1.00. The molecule has 0 fully saturated rings. The van der Waals surface area contributed by atoms with Gasteiger partial charge in [0.05, 0.1) is 23.1 Å². The first-order valence-electron chi connectivity index (χ1n) is 9.81. The Bertz CT molecular complexity index is 1420. The molecule has 152 valence electrons. The molecule has 5 rings (SSSR count). The molecule has 2 N–H and O–H groups in total. The summed E-state index contributed by atoms with van der Waals surface area (Å²) in [4.78, 5) is 16.1. The van der Waals surface area contributed by atoms with Crippen molar-refractivity contribution in [2.75, 3.05) is 5.32 Å². The van der Waals surface area contributed by atoms with Crippen molar-refractivity contribution >= 4 is 39.4 Å². The van der Waals surface area contributed by atoms with Crippen LogP contribution < -0.4 is 5.32 Å². The van der Waals surface area contributed by atoms with Gasteiger partial charge in [-0.15, -0.1) is 0 Å². The summed E-state index contributed by atoms with van der Waals surface area (Å²) in [7, 11) is 0. The number of carbonyl (C=O) groups is 1. The number of aromatic nitrogens is 2. The van der Waals surface area contributed by atoms with Gasteiger partial charge in [0.25, 0.3) is 0 Å². The lowest BCUT2D eigenvalue weighted by atomic mass is 10.1. The van der Waals surface area contributed by atoms with Crippen molar-refractivity contribution in [2.45, 2.75) is 6.54 Å². The molecule has 0 aliphatic heterocycles. The molecule has 6 heteroatoms. The number of nitrogens with zero attached hydrogens (tertiary/aromatic N) is 2. The van der Waals surface area contributed by atoms with Crippen LogP contribution in [0.25, 0.3) is 21.8 Å². The van der Waals surface area contributed by atoms with Crippen LogP contribution in [0.3, 0.4) is 0 Å². The van der Waals surface area contributed by atoms with E-state index >= 15 is 0 Å². The summed E-state index contributed by atoms with van der Waals surface area (Å²) in [5.74, 6) is -0.712. The first kappa shape index (κ1) is 18.8. The van der Waals surface area contributed by atoms with Crippen LogP contribution in [-0.4, -0.2) is 20.6 Å². The van der Waals surface area contributed by atoms with Crippen molar-refractivity contribution in [3.8, 4) is 0 Å². The summed E-state index contributed by atoms with van der Waals surface area (Å²) in [6.07, 6.45) is 0. The molecule has 0 unspecified atom stereocenters. The van der Waals surface area contributed by atoms with E-state index < -0.39 is 5.97 Å². The van der Waals surface area contributed by atoms with Gasteiger partial charge in [0, 0.05) is 11.1 Å². The van der Waals surface area contributed by atoms with E-state index in [2.05, 4.69) is 10.3 Å². The standard InChI is InChI=1S/C25H18FN3O2/c26-19-11-8-16(9-12-19)15-29-23-13-10-18(24(30)31)14-22(23)28-25(29)27-21-7-3-5-17-4-1-2-6-20(17)21/h1-14H,15H2,(H,27,28)(H,30,31). The first-order chi connectivity index (χ1) is 15.1. The Hall–Kier alpha value is -4.19. The zero-order valence-electron chi connectivity index (χ0n) is 16.4. The number of benzene rings is 4. The number of hydrogen-bond donors (Lipinski definition) is 2. The average molecular weight is 411 g/mol. The molecule has 0 amide bonds. The molecule has 0 radical (unpaired) electrons. The Morgan fingerprint density at radius 3 is 2.55 bits per heavy atom. The normalized spacial score (nSPS) is 11.1. The van der Waals surface area contributed by atoms with Crippen LogP contribution in [0.5, 0.6) is 0 Å². The molecule has 0 aliphatic carbocycles. The highest BCUT2D eigenvalue weighted by atomic mass is 19.1. The number of aromatic carboxylic acids is 1. The van der Waals surface area contributed by atoms with Crippen LogP contribution in [0, 0.1) is 5.82 Å². The fourth-order valence-electron chi connectivity index (χ4n) is 3.75. The van der Waals surface area contributed by atoms with Crippen molar-refractivity contribution in [3.63, 3.8) is 0 Å². The molecular weight excluding hydrogens is 393 g/mol. The monoisotopic (exact) mass is 411 g/mol. The maximum Gasteiger partial charge on any atom is 0.335 e. The fourth-order valence-corrected chi connectivity index (χ4v) is 3.75. The topological polar surface area (TPSA) is 67.2 Å². The Morgan fingerprint density at radius 2 is 1.74 bits per heavy atom. The number of hydrogen-bond acceptors (Lipinski definition) is 3.